The van der Waals surface area contributed by atoms with Crippen molar-refractivity contribution < 1.29 is 14.3 Å². The maximum absolute atomic E-state index is 12.7. The van der Waals surface area contributed by atoms with Crippen LogP contribution in [0, 0.1) is 0 Å². The minimum Gasteiger partial charge on any atom is -0.497 e. The van der Waals surface area contributed by atoms with Gasteiger partial charge in [0.15, 0.2) is 0 Å². The Labute approximate surface area is 158 Å². The van der Waals surface area contributed by atoms with Crippen LogP contribution in [0.2, 0.25) is 0 Å². The van der Waals surface area contributed by atoms with Gasteiger partial charge in [-0.1, -0.05) is 6.07 Å². The zero-order valence-corrected chi connectivity index (χ0v) is 14.8. The maximum Gasteiger partial charge on any atom is 0.333 e. The van der Waals surface area contributed by atoms with Crippen molar-refractivity contribution in [2.24, 2.45) is 5.73 Å². The average molecular weight is 380 g/mol. The summed E-state index contributed by atoms with van der Waals surface area (Å²) in [5, 5.41) is 2.53. The number of H-pyrrole nitrogens is 1. The number of carbonyl (C=O) groups excluding carboxylic acids is 2. The Morgan fingerprint density at radius 3 is 2.46 bits per heavy atom. The third-order valence-corrected chi connectivity index (χ3v) is 3.96. The topological polar surface area (TPSA) is 136 Å². The maximum atomic E-state index is 12.7. The summed E-state index contributed by atoms with van der Waals surface area (Å²) in [5.74, 6) is -0.863. The molecule has 142 valence electrons. The first kappa shape index (κ1) is 18.6. The molecule has 3 rings (SSSR count). The van der Waals surface area contributed by atoms with Crippen LogP contribution in [0.4, 0.5) is 5.69 Å². The molecule has 0 radical (unpaired) electrons. The molecule has 0 unspecified atom stereocenters. The fraction of sp³-hybridized carbons (Fsp3) is 0.0526. The van der Waals surface area contributed by atoms with E-state index in [0.717, 1.165) is 10.8 Å². The van der Waals surface area contributed by atoms with Gasteiger partial charge in [-0.3, -0.25) is 14.4 Å². The molecular weight excluding hydrogens is 364 g/mol. The number of rotatable bonds is 5. The summed E-state index contributed by atoms with van der Waals surface area (Å²) < 4.78 is 5.94. The van der Waals surface area contributed by atoms with E-state index in [4.69, 9.17) is 10.5 Å². The largest absolute Gasteiger partial charge is 0.497 e. The standard InChI is InChI=1S/C19H16N4O5/c1-28-14-4-2-3-13(9-14)23-18(26)15(10-21-19(23)27)17(25)22-12-7-5-11(6-8-12)16(20)24/h2-10H,1H3,(H2,20,24)(H,21,27)(H,22,25). The van der Waals surface area contributed by atoms with Gasteiger partial charge in [0.05, 0.1) is 12.8 Å². The number of methoxy groups -OCH3 is 1. The number of hydrogen-bond donors (Lipinski definition) is 3. The Bertz CT molecular complexity index is 1160. The second kappa shape index (κ2) is 7.62. The summed E-state index contributed by atoms with van der Waals surface area (Å²) in [6.45, 7) is 0. The molecule has 0 bridgehead atoms. The van der Waals surface area contributed by atoms with Crippen molar-refractivity contribution in [2.45, 2.75) is 0 Å². The molecule has 2 amide bonds. The first-order valence-corrected chi connectivity index (χ1v) is 8.11. The van der Waals surface area contributed by atoms with E-state index in [9.17, 15) is 19.2 Å². The van der Waals surface area contributed by atoms with E-state index in [1.807, 2.05) is 0 Å². The molecule has 3 aromatic rings. The molecule has 0 spiro atoms. The molecule has 0 aliphatic heterocycles. The van der Waals surface area contributed by atoms with Crippen molar-refractivity contribution >= 4 is 17.5 Å². The van der Waals surface area contributed by atoms with Gasteiger partial charge < -0.3 is 20.8 Å². The smallest absolute Gasteiger partial charge is 0.333 e. The van der Waals surface area contributed by atoms with Gasteiger partial charge in [0, 0.05) is 23.5 Å². The molecule has 0 saturated carbocycles. The van der Waals surface area contributed by atoms with E-state index in [2.05, 4.69) is 10.3 Å². The van der Waals surface area contributed by atoms with Crippen LogP contribution in [0.1, 0.15) is 20.7 Å². The SMILES string of the molecule is COc1cccc(-n2c(=O)[nH]cc(C(=O)Nc3ccc(C(N)=O)cc3)c2=O)c1. The molecule has 0 saturated heterocycles. The average Bonchev–Trinajstić information content (AvgIpc) is 2.68. The van der Waals surface area contributed by atoms with E-state index < -0.39 is 23.1 Å². The second-order valence-corrected chi connectivity index (χ2v) is 5.75. The molecule has 0 fully saturated rings. The lowest BCUT2D eigenvalue weighted by Crippen LogP contribution is -2.38. The fourth-order valence-electron chi connectivity index (χ4n) is 2.54. The van der Waals surface area contributed by atoms with Gasteiger partial charge in [-0.2, -0.15) is 0 Å². The quantitative estimate of drug-likeness (QED) is 0.604. The van der Waals surface area contributed by atoms with Crippen LogP contribution in [-0.2, 0) is 0 Å². The first-order chi connectivity index (χ1) is 13.4. The van der Waals surface area contributed by atoms with Gasteiger partial charge in [-0.05, 0) is 36.4 Å². The lowest BCUT2D eigenvalue weighted by atomic mass is 10.2. The predicted octanol–water partition coefficient (Wildman–Crippen LogP) is 0.886. The van der Waals surface area contributed by atoms with Crippen molar-refractivity contribution in [3.8, 4) is 11.4 Å². The molecule has 0 atom stereocenters. The molecule has 9 nitrogen and oxygen atoms in total. The number of carbonyl (C=O) groups is 2. The molecule has 0 aliphatic carbocycles. The summed E-state index contributed by atoms with van der Waals surface area (Å²) in [4.78, 5) is 50.9. The van der Waals surface area contributed by atoms with Gasteiger partial charge in [0.1, 0.15) is 11.3 Å². The molecule has 1 aromatic heterocycles. The number of anilines is 1. The van der Waals surface area contributed by atoms with Crippen molar-refractivity contribution in [3.63, 3.8) is 0 Å². The number of benzene rings is 2. The number of nitrogens with one attached hydrogen (secondary N) is 2. The van der Waals surface area contributed by atoms with Gasteiger partial charge in [-0.25, -0.2) is 9.36 Å². The lowest BCUT2D eigenvalue weighted by Gasteiger charge is -2.09. The first-order valence-electron chi connectivity index (χ1n) is 8.11. The number of primary amides is 1. The highest BCUT2D eigenvalue weighted by molar-refractivity contribution is 6.04. The third kappa shape index (κ3) is 3.68. The molecule has 1 heterocycles. The van der Waals surface area contributed by atoms with Gasteiger partial charge in [0.2, 0.25) is 5.91 Å². The summed E-state index contributed by atoms with van der Waals surface area (Å²) >= 11 is 0. The number of amides is 2. The number of nitrogens with zero attached hydrogens (tertiary/aromatic N) is 1. The Morgan fingerprint density at radius 1 is 1.11 bits per heavy atom. The summed E-state index contributed by atoms with van der Waals surface area (Å²) in [6, 6.07) is 12.2. The summed E-state index contributed by atoms with van der Waals surface area (Å²) in [5.41, 5.74) is 4.32. The molecular formula is C19H16N4O5. The molecule has 28 heavy (non-hydrogen) atoms. The van der Waals surface area contributed by atoms with Crippen molar-refractivity contribution in [1.29, 1.82) is 0 Å². The van der Waals surface area contributed by atoms with E-state index in [1.54, 1.807) is 18.2 Å². The van der Waals surface area contributed by atoms with Gasteiger partial charge in [0.25, 0.3) is 11.5 Å². The molecule has 0 aliphatic rings. The number of nitrogens with two attached hydrogens (primary N) is 1. The zero-order valence-electron chi connectivity index (χ0n) is 14.8. The summed E-state index contributed by atoms with van der Waals surface area (Å²) in [6.07, 6.45) is 1.05. The Balaban J connectivity index is 1.96. The van der Waals surface area contributed by atoms with E-state index in [0.29, 0.717) is 11.4 Å². The van der Waals surface area contributed by atoms with E-state index in [-0.39, 0.29) is 16.8 Å². The number of aromatic amines is 1. The van der Waals surface area contributed by atoms with Gasteiger partial charge in [-0.15, -0.1) is 0 Å². The van der Waals surface area contributed by atoms with Crippen LogP contribution in [0.25, 0.3) is 5.69 Å². The molecule has 2 aromatic carbocycles. The van der Waals surface area contributed by atoms with Gasteiger partial charge >= 0.3 is 5.69 Å². The fourth-order valence-corrected chi connectivity index (χ4v) is 2.54. The Morgan fingerprint density at radius 2 is 1.82 bits per heavy atom. The minimum absolute atomic E-state index is 0.256. The van der Waals surface area contributed by atoms with E-state index >= 15 is 0 Å². The highest BCUT2D eigenvalue weighted by Gasteiger charge is 2.16. The number of aromatic nitrogens is 2. The Hall–Kier alpha value is -4.14. The van der Waals surface area contributed by atoms with Crippen molar-refractivity contribution in [3.05, 3.63) is 86.7 Å². The van der Waals surface area contributed by atoms with Crippen molar-refractivity contribution in [1.82, 2.24) is 9.55 Å². The van der Waals surface area contributed by atoms with Crippen LogP contribution < -0.4 is 27.0 Å². The molecule has 4 N–H and O–H groups in total. The highest BCUT2D eigenvalue weighted by atomic mass is 16.5. The highest BCUT2D eigenvalue weighted by Crippen LogP contribution is 2.14. The third-order valence-electron chi connectivity index (χ3n) is 3.96. The van der Waals surface area contributed by atoms with Crippen LogP contribution in [0.3, 0.4) is 0 Å². The molecule has 9 heteroatoms. The minimum atomic E-state index is -0.789. The van der Waals surface area contributed by atoms with E-state index in [1.165, 1.54) is 37.4 Å². The Kier molecular flexibility index (Phi) is 5.07. The lowest BCUT2D eigenvalue weighted by molar-refractivity contribution is 0.0998. The van der Waals surface area contributed by atoms with Crippen LogP contribution in [-0.4, -0.2) is 28.5 Å². The number of ether oxygens (including phenoxy) is 1. The number of hydrogen-bond acceptors (Lipinski definition) is 5. The van der Waals surface area contributed by atoms with Crippen LogP contribution in [0.15, 0.2) is 64.3 Å². The zero-order chi connectivity index (χ0) is 20.3. The van der Waals surface area contributed by atoms with Crippen LogP contribution >= 0.6 is 0 Å². The second-order valence-electron chi connectivity index (χ2n) is 5.75. The van der Waals surface area contributed by atoms with Crippen molar-refractivity contribution in [2.75, 3.05) is 12.4 Å². The monoisotopic (exact) mass is 380 g/mol. The van der Waals surface area contributed by atoms with Crippen LogP contribution in [0.5, 0.6) is 5.75 Å². The normalized spacial score (nSPS) is 10.3. The predicted molar refractivity (Wildman–Crippen MR) is 102 cm³/mol. The summed E-state index contributed by atoms with van der Waals surface area (Å²) in [7, 11) is 1.46.